The monoisotopic (exact) mass is 555 g/mol. The summed E-state index contributed by atoms with van der Waals surface area (Å²) in [7, 11) is 3.18. The SMILES string of the molecule is COc1ccc(CCNC(=O)C(C)n2cnc3sc(C)c(-c4ccc(Br)cc4)c3c2=O)cc1OC. The van der Waals surface area contributed by atoms with Crippen molar-refractivity contribution in [3.05, 3.63) is 74.1 Å². The average molecular weight is 556 g/mol. The number of amides is 1. The summed E-state index contributed by atoms with van der Waals surface area (Å²) in [5.41, 5.74) is 2.59. The van der Waals surface area contributed by atoms with E-state index in [4.69, 9.17) is 9.47 Å². The van der Waals surface area contributed by atoms with Crippen LogP contribution in [0.5, 0.6) is 11.5 Å². The molecular formula is C26H26BrN3O4S. The fraction of sp³-hybridized carbons (Fsp3) is 0.269. The van der Waals surface area contributed by atoms with Crippen LogP contribution in [0.25, 0.3) is 21.3 Å². The van der Waals surface area contributed by atoms with Crippen LogP contribution in [-0.4, -0.2) is 36.2 Å². The fourth-order valence-corrected chi connectivity index (χ4v) is 5.26. The molecule has 1 unspecified atom stereocenters. The Bertz CT molecular complexity index is 1430. The van der Waals surface area contributed by atoms with Crippen molar-refractivity contribution in [3.63, 3.8) is 0 Å². The number of aromatic nitrogens is 2. The molecule has 0 aliphatic rings. The van der Waals surface area contributed by atoms with Crippen LogP contribution in [0.4, 0.5) is 0 Å². The Morgan fingerprint density at radius 1 is 1.14 bits per heavy atom. The Balaban J connectivity index is 1.53. The molecule has 9 heteroatoms. The fourth-order valence-electron chi connectivity index (χ4n) is 4.00. The lowest BCUT2D eigenvalue weighted by Crippen LogP contribution is -2.36. The molecule has 4 aromatic rings. The van der Waals surface area contributed by atoms with Crippen LogP contribution >= 0.6 is 27.3 Å². The minimum Gasteiger partial charge on any atom is -0.493 e. The molecule has 7 nitrogen and oxygen atoms in total. The normalized spacial score (nSPS) is 11.9. The number of thiophene rings is 1. The maximum atomic E-state index is 13.5. The summed E-state index contributed by atoms with van der Waals surface area (Å²) in [4.78, 5) is 32.6. The number of nitrogens with one attached hydrogen (secondary N) is 1. The maximum Gasteiger partial charge on any atom is 0.263 e. The van der Waals surface area contributed by atoms with E-state index in [9.17, 15) is 9.59 Å². The van der Waals surface area contributed by atoms with Gasteiger partial charge in [0.05, 0.1) is 25.9 Å². The third kappa shape index (κ3) is 5.11. The van der Waals surface area contributed by atoms with Crippen LogP contribution in [0.2, 0.25) is 0 Å². The highest BCUT2D eigenvalue weighted by molar-refractivity contribution is 9.10. The van der Waals surface area contributed by atoms with Crippen molar-refractivity contribution in [2.45, 2.75) is 26.3 Å². The second-order valence-electron chi connectivity index (χ2n) is 8.08. The van der Waals surface area contributed by atoms with Crippen molar-refractivity contribution in [1.29, 1.82) is 0 Å². The van der Waals surface area contributed by atoms with Gasteiger partial charge in [-0.25, -0.2) is 4.98 Å². The van der Waals surface area contributed by atoms with E-state index >= 15 is 0 Å². The van der Waals surface area contributed by atoms with E-state index in [2.05, 4.69) is 26.2 Å². The topological polar surface area (TPSA) is 82.5 Å². The molecule has 35 heavy (non-hydrogen) atoms. The molecule has 182 valence electrons. The first kappa shape index (κ1) is 24.9. The van der Waals surface area contributed by atoms with Gasteiger partial charge in [-0.3, -0.25) is 14.2 Å². The largest absolute Gasteiger partial charge is 0.493 e. The molecular weight excluding hydrogens is 530 g/mol. The van der Waals surface area contributed by atoms with Gasteiger partial charge in [0.2, 0.25) is 5.91 Å². The number of aryl methyl sites for hydroxylation is 1. The Labute approximate surface area is 215 Å². The highest BCUT2D eigenvalue weighted by Crippen LogP contribution is 2.36. The number of fused-ring (bicyclic) bond motifs is 1. The second-order valence-corrected chi connectivity index (χ2v) is 10.2. The van der Waals surface area contributed by atoms with Gasteiger partial charge in [0.15, 0.2) is 11.5 Å². The molecule has 1 atom stereocenters. The van der Waals surface area contributed by atoms with Gasteiger partial charge in [-0.05, 0) is 55.7 Å². The van der Waals surface area contributed by atoms with Crippen molar-refractivity contribution < 1.29 is 14.3 Å². The number of carbonyl (C=O) groups excluding carboxylic acids is 1. The average Bonchev–Trinajstić information content (AvgIpc) is 3.20. The van der Waals surface area contributed by atoms with Gasteiger partial charge >= 0.3 is 0 Å². The molecule has 0 aliphatic heterocycles. The third-order valence-electron chi connectivity index (χ3n) is 5.90. The third-order valence-corrected chi connectivity index (χ3v) is 7.45. The van der Waals surface area contributed by atoms with Gasteiger partial charge < -0.3 is 14.8 Å². The molecule has 0 bridgehead atoms. The van der Waals surface area contributed by atoms with Gasteiger partial charge in [-0.2, -0.15) is 0 Å². The summed E-state index contributed by atoms with van der Waals surface area (Å²) in [6, 6.07) is 12.8. The highest BCUT2D eigenvalue weighted by atomic mass is 79.9. The van der Waals surface area contributed by atoms with Crippen LogP contribution in [0.1, 0.15) is 23.4 Å². The first-order chi connectivity index (χ1) is 16.8. The first-order valence-corrected chi connectivity index (χ1v) is 12.7. The zero-order valence-electron chi connectivity index (χ0n) is 19.9. The van der Waals surface area contributed by atoms with Gasteiger partial charge in [0.25, 0.3) is 5.56 Å². The predicted octanol–water partition coefficient (Wildman–Crippen LogP) is 5.13. The number of hydrogen-bond donors (Lipinski definition) is 1. The quantitative estimate of drug-likeness (QED) is 0.325. The van der Waals surface area contributed by atoms with E-state index in [1.807, 2.05) is 49.4 Å². The van der Waals surface area contributed by atoms with Gasteiger partial charge in [0.1, 0.15) is 10.9 Å². The molecule has 2 aromatic carbocycles. The number of halogens is 1. The Morgan fingerprint density at radius 3 is 2.54 bits per heavy atom. The molecule has 0 spiro atoms. The van der Waals surface area contributed by atoms with Gasteiger partial charge in [-0.1, -0.05) is 34.1 Å². The Hall–Kier alpha value is -3.17. The first-order valence-electron chi connectivity index (χ1n) is 11.1. The molecule has 4 rings (SSSR count). The van der Waals surface area contributed by atoms with Crippen LogP contribution in [0.3, 0.4) is 0 Å². The Morgan fingerprint density at radius 2 is 1.86 bits per heavy atom. The number of benzene rings is 2. The molecule has 0 fully saturated rings. The van der Waals surface area contributed by atoms with Crippen LogP contribution < -0.4 is 20.3 Å². The van der Waals surface area contributed by atoms with Crippen LogP contribution in [0, 0.1) is 6.92 Å². The van der Waals surface area contributed by atoms with Crippen LogP contribution in [-0.2, 0) is 11.2 Å². The van der Waals surface area contributed by atoms with E-state index < -0.39 is 6.04 Å². The number of methoxy groups -OCH3 is 2. The summed E-state index contributed by atoms with van der Waals surface area (Å²) in [5.74, 6) is 1.05. The molecule has 1 N–H and O–H groups in total. The van der Waals surface area contributed by atoms with E-state index in [1.54, 1.807) is 21.1 Å². The molecule has 0 aliphatic carbocycles. The van der Waals surface area contributed by atoms with Crippen molar-refractivity contribution in [1.82, 2.24) is 14.9 Å². The molecule has 2 heterocycles. The lowest BCUT2D eigenvalue weighted by molar-refractivity contribution is -0.123. The second kappa shape index (κ2) is 10.6. The van der Waals surface area contributed by atoms with E-state index in [0.717, 1.165) is 26.0 Å². The molecule has 0 saturated carbocycles. The van der Waals surface area contributed by atoms with Crippen molar-refractivity contribution in [2.75, 3.05) is 20.8 Å². The number of carbonyl (C=O) groups is 1. The standard InChI is InChI=1S/C26H26BrN3O4S/c1-15(24(31)28-12-11-17-5-10-20(33-3)21(13-17)34-4)30-14-29-25-23(26(30)32)22(16(2)35-25)18-6-8-19(27)9-7-18/h5-10,13-15H,11-12H2,1-4H3,(H,28,31). The summed E-state index contributed by atoms with van der Waals surface area (Å²) >= 11 is 4.94. The number of rotatable bonds is 8. The highest BCUT2D eigenvalue weighted by Gasteiger charge is 2.21. The number of nitrogens with zero attached hydrogens (tertiary/aromatic N) is 2. The number of hydrogen-bond acceptors (Lipinski definition) is 6. The number of ether oxygens (including phenoxy) is 2. The summed E-state index contributed by atoms with van der Waals surface area (Å²) in [5, 5.41) is 3.47. The van der Waals surface area contributed by atoms with E-state index in [0.29, 0.717) is 34.7 Å². The smallest absolute Gasteiger partial charge is 0.263 e. The minimum atomic E-state index is -0.706. The summed E-state index contributed by atoms with van der Waals surface area (Å²) < 4.78 is 13.0. The maximum absolute atomic E-state index is 13.5. The van der Waals surface area contributed by atoms with Gasteiger partial charge in [0, 0.05) is 21.5 Å². The zero-order valence-corrected chi connectivity index (χ0v) is 22.3. The van der Waals surface area contributed by atoms with Gasteiger partial charge in [-0.15, -0.1) is 11.3 Å². The predicted molar refractivity (Wildman–Crippen MR) is 143 cm³/mol. The summed E-state index contributed by atoms with van der Waals surface area (Å²) in [6.45, 7) is 4.11. The molecule has 2 aromatic heterocycles. The molecule has 1 amide bonds. The van der Waals surface area contributed by atoms with Crippen LogP contribution in [0.15, 0.2) is 58.1 Å². The zero-order chi connectivity index (χ0) is 25.1. The Kier molecular flexibility index (Phi) is 7.57. The lowest BCUT2D eigenvalue weighted by Gasteiger charge is -2.15. The van der Waals surface area contributed by atoms with Crippen molar-refractivity contribution >= 4 is 43.4 Å². The van der Waals surface area contributed by atoms with E-state index in [1.165, 1.54) is 22.2 Å². The minimum absolute atomic E-state index is 0.222. The lowest BCUT2D eigenvalue weighted by atomic mass is 10.0. The van der Waals surface area contributed by atoms with E-state index in [-0.39, 0.29) is 11.5 Å². The summed E-state index contributed by atoms with van der Waals surface area (Å²) in [6.07, 6.45) is 2.08. The van der Waals surface area contributed by atoms with Crippen molar-refractivity contribution in [2.24, 2.45) is 0 Å². The molecule has 0 saturated heterocycles. The molecule has 0 radical (unpaired) electrons. The van der Waals surface area contributed by atoms with Crippen molar-refractivity contribution in [3.8, 4) is 22.6 Å².